The zero-order chi connectivity index (χ0) is 8.04. The van der Waals surface area contributed by atoms with Crippen molar-refractivity contribution in [3.05, 3.63) is 11.4 Å². The number of phosphoric acid groups is 1. The van der Waals surface area contributed by atoms with Crippen LogP contribution in [-0.2, 0) is 13.6 Å². The highest BCUT2D eigenvalue weighted by molar-refractivity contribution is 7.47. The Balaban J connectivity index is 3.50. The normalized spacial score (nSPS) is 15.7. The van der Waals surface area contributed by atoms with Gasteiger partial charge in [0.2, 0.25) is 6.54 Å². The first kappa shape index (κ1) is 9.60. The largest absolute Gasteiger partial charge is 0.472 e. The molecule has 1 unspecified atom stereocenters. The van der Waals surface area contributed by atoms with Gasteiger partial charge in [0, 0.05) is 7.11 Å². The van der Waals surface area contributed by atoms with E-state index in [9.17, 15) is 4.57 Å². The van der Waals surface area contributed by atoms with E-state index in [4.69, 9.17) is 11.5 Å². The van der Waals surface area contributed by atoms with Crippen molar-refractivity contribution in [2.75, 3.05) is 20.3 Å². The third-order valence-corrected chi connectivity index (χ3v) is 1.66. The van der Waals surface area contributed by atoms with Crippen molar-refractivity contribution in [3.63, 3.8) is 0 Å². The summed E-state index contributed by atoms with van der Waals surface area (Å²) in [7, 11) is -2.78. The Morgan fingerprint density at radius 1 is 1.80 bits per heavy atom. The molecule has 0 heterocycles. The molecule has 1 atom stereocenters. The Kier molecular flexibility index (Phi) is 4.24. The van der Waals surface area contributed by atoms with Crippen molar-refractivity contribution in [1.82, 2.24) is 0 Å². The average Bonchev–Trinajstić information content (AvgIpc) is 1.89. The van der Waals surface area contributed by atoms with Crippen LogP contribution < -0.4 is 0 Å². The molecule has 6 heteroatoms. The fourth-order valence-electron chi connectivity index (χ4n) is 0.255. The molecule has 0 aromatic heterocycles. The fraction of sp³-hybridized carbons (Fsp3) is 0.750. The van der Waals surface area contributed by atoms with Crippen LogP contribution in [0.3, 0.4) is 0 Å². The van der Waals surface area contributed by atoms with Crippen LogP contribution in [0.1, 0.15) is 0 Å². The van der Waals surface area contributed by atoms with Crippen LogP contribution in [0.4, 0.5) is 0 Å². The van der Waals surface area contributed by atoms with E-state index in [2.05, 4.69) is 13.9 Å². The minimum absolute atomic E-state index is 0.0634. The van der Waals surface area contributed by atoms with Crippen molar-refractivity contribution < 1.29 is 18.5 Å². The highest BCUT2D eigenvalue weighted by Gasteiger charge is 2.17. The average molecular weight is 165 g/mol. The maximum Gasteiger partial charge on any atom is 0.472 e. The number of rotatable bonds is 4. The van der Waals surface area contributed by atoms with Gasteiger partial charge in [-0.25, -0.2) is 11.1 Å². The van der Waals surface area contributed by atoms with E-state index in [0.717, 1.165) is 7.11 Å². The number of nitrogens with zero attached hydrogens (tertiary/aromatic N) is 1. The van der Waals surface area contributed by atoms with Gasteiger partial charge < -0.3 is 9.74 Å². The lowest BCUT2D eigenvalue weighted by atomic mass is 10.7. The molecule has 0 aliphatic heterocycles. The van der Waals surface area contributed by atoms with Crippen LogP contribution in [0, 0.1) is 6.57 Å². The predicted molar refractivity (Wildman–Crippen MR) is 34.3 cm³/mol. The second-order valence-corrected chi connectivity index (χ2v) is 2.93. The first-order chi connectivity index (χ1) is 4.62. The number of hydrogen-bond donors (Lipinski definition) is 1. The van der Waals surface area contributed by atoms with Crippen LogP contribution in [0.5, 0.6) is 0 Å². The summed E-state index contributed by atoms with van der Waals surface area (Å²) in [5.41, 5.74) is 0. The molecule has 58 valence electrons. The predicted octanol–water partition coefficient (Wildman–Crippen LogP) is 0.669. The molecule has 0 fully saturated rings. The lowest BCUT2D eigenvalue weighted by Crippen LogP contribution is -1.95. The van der Waals surface area contributed by atoms with Crippen LogP contribution in [0.15, 0.2) is 0 Å². The van der Waals surface area contributed by atoms with Crippen molar-refractivity contribution in [2.45, 2.75) is 0 Å². The summed E-state index contributed by atoms with van der Waals surface area (Å²) in [5.74, 6) is 0. The molecule has 0 spiro atoms. The molecule has 0 saturated heterocycles. The van der Waals surface area contributed by atoms with Crippen LogP contribution in [0.2, 0.25) is 0 Å². The second-order valence-electron chi connectivity index (χ2n) is 1.37. The molecule has 0 aliphatic rings. The zero-order valence-corrected chi connectivity index (χ0v) is 6.38. The molecule has 0 radical (unpaired) electrons. The molecule has 0 rings (SSSR count). The third-order valence-electron chi connectivity index (χ3n) is 0.688. The van der Waals surface area contributed by atoms with E-state index in [1.165, 1.54) is 0 Å². The van der Waals surface area contributed by atoms with E-state index >= 15 is 0 Å². The summed E-state index contributed by atoms with van der Waals surface area (Å²) in [6, 6.07) is 0. The smallest absolute Gasteiger partial charge is 0.314 e. The SMILES string of the molecule is [C-]#[N+]CCOP(=O)(O)OC. The standard InChI is InChI=1S/C4H8NO4P/c1-5-3-4-9-10(6,7)8-2/h3-4H2,2H3,(H,6,7). The summed E-state index contributed by atoms with van der Waals surface area (Å²) in [5, 5.41) is 0. The molecule has 0 aromatic rings. The number of phosphoric ester groups is 1. The Hall–Kier alpha value is -0.400. The highest BCUT2D eigenvalue weighted by atomic mass is 31.2. The Morgan fingerprint density at radius 3 is 2.80 bits per heavy atom. The maximum atomic E-state index is 10.5. The van der Waals surface area contributed by atoms with Crippen LogP contribution in [0.25, 0.3) is 4.85 Å². The molecule has 0 amide bonds. The molecule has 0 aliphatic carbocycles. The lowest BCUT2D eigenvalue weighted by Gasteiger charge is -2.04. The van der Waals surface area contributed by atoms with E-state index in [1.54, 1.807) is 0 Å². The number of hydrogen-bond acceptors (Lipinski definition) is 3. The van der Waals surface area contributed by atoms with Crippen molar-refractivity contribution >= 4 is 7.82 Å². The molecule has 0 saturated carbocycles. The van der Waals surface area contributed by atoms with Gasteiger partial charge in [-0.3, -0.25) is 9.05 Å². The second kappa shape index (κ2) is 4.42. The van der Waals surface area contributed by atoms with E-state index < -0.39 is 7.82 Å². The summed E-state index contributed by atoms with van der Waals surface area (Å²) in [4.78, 5) is 11.5. The van der Waals surface area contributed by atoms with Crippen LogP contribution >= 0.6 is 7.82 Å². The Morgan fingerprint density at radius 2 is 2.40 bits per heavy atom. The molecule has 0 bridgehead atoms. The van der Waals surface area contributed by atoms with Gasteiger partial charge in [-0.05, 0) is 0 Å². The quantitative estimate of drug-likeness (QED) is 0.377. The first-order valence-corrected chi connectivity index (χ1v) is 3.98. The maximum absolute atomic E-state index is 10.5. The Bertz CT molecular complexity index is 175. The molecule has 0 aromatic carbocycles. The van der Waals surface area contributed by atoms with Crippen molar-refractivity contribution in [2.24, 2.45) is 0 Å². The third kappa shape index (κ3) is 4.48. The molecule has 10 heavy (non-hydrogen) atoms. The van der Waals surface area contributed by atoms with Gasteiger partial charge >= 0.3 is 7.82 Å². The van der Waals surface area contributed by atoms with Gasteiger partial charge in [-0.15, -0.1) is 0 Å². The molecular weight excluding hydrogens is 157 g/mol. The Labute approximate surface area is 59.0 Å². The molecule has 5 nitrogen and oxygen atoms in total. The van der Waals surface area contributed by atoms with E-state index in [1.807, 2.05) is 0 Å². The zero-order valence-electron chi connectivity index (χ0n) is 5.48. The van der Waals surface area contributed by atoms with Gasteiger partial charge in [0.05, 0.1) is 0 Å². The molecular formula is C4H8NO4P. The minimum Gasteiger partial charge on any atom is -0.314 e. The first-order valence-electron chi connectivity index (χ1n) is 2.48. The van der Waals surface area contributed by atoms with Gasteiger partial charge in [0.15, 0.2) is 0 Å². The van der Waals surface area contributed by atoms with Gasteiger partial charge in [-0.1, -0.05) is 0 Å². The topological polar surface area (TPSA) is 60.1 Å². The van der Waals surface area contributed by atoms with Gasteiger partial charge in [-0.2, -0.15) is 0 Å². The minimum atomic E-state index is -3.85. The summed E-state index contributed by atoms with van der Waals surface area (Å²) in [6.45, 7) is 6.29. The fourth-order valence-corrected chi connectivity index (χ4v) is 0.672. The van der Waals surface area contributed by atoms with E-state index in [0.29, 0.717) is 0 Å². The molecule has 1 N–H and O–H groups in total. The highest BCUT2D eigenvalue weighted by Crippen LogP contribution is 2.41. The van der Waals surface area contributed by atoms with E-state index in [-0.39, 0.29) is 13.2 Å². The monoisotopic (exact) mass is 165 g/mol. The van der Waals surface area contributed by atoms with Crippen molar-refractivity contribution in [3.8, 4) is 0 Å². The summed E-state index contributed by atoms with van der Waals surface area (Å²) < 4.78 is 18.8. The summed E-state index contributed by atoms with van der Waals surface area (Å²) >= 11 is 0. The van der Waals surface area contributed by atoms with Gasteiger partial charge in [0.25, 0.3) is 0 Å². The lowest BCUT2D eigenvalue weighted by molar-refractivity contribution is 0.180. The van der Waals surface area contributed by atoms with Gasteiger partial charge in [0.1, 0.15) is 6.61 Å². The summed E-state index contributed by atoms with van der Waals surface area (Å²) in [6.07, 6.45) is 0. The van der Waals surface area contributed by atoms with Crippen molar-refractivity contribution in [1.29, 1.82) is 0 Å². The van der Waals surface area contributed by atoms with Crippen LogP contribution in [-0.4, -0.2) is 25.2 Å².